The molecule has 0 aliphatic carbocycles. The molecule has 1 aromatic rings. The summed E-state index contributed by atoms with van der Waals surface area (Å²) in [4.78, 5) is 4.09. The fourth-order valence-electron chi connectivity index (χ4n) is 2.13. The Morgan fingerprint density at radius 3 is 2.65 bits per heavy atom. The number of nitrogens with zero attached hydrogens (tertiary/aromatic N) is 1. The van der Waals surface area contributed by atoms with Crippen molar-refractivity contribution < 1.29 is 9.84 Å². The number of hydrogen-bond donors (Lipinski definition) is 2. The molecule has 0 aromatic carbocycles. The lowest BCUT2D eigenvalue weighted by Gasteiger charge is -2.20. The van der Waals surface area contributed by atoms with E-state index >= 15 is 0 Å². The van der Waals surface area contributed by atoms with Crippen molar-refractivity contribution in [1.82, 2.24) is 10.3 Å². The van der Waals surface area contributed by atoms with E-state index in [0.29, 0.717) is 19.1 Å². The van der Waals surface area contributed by atoms with Gasteiger partial charge in [0.05, 0.1) is 18.8 Å². The Morgan fingerprint density at radius 1 is 1.30 bits per heavy atom. The van der Waals surface area contributed by atoms with E-state index in [1.165, 1.54) is 0 Å². The molecule has 1 aromatic heterocycles. The third-order valence-corrected chi connectivity index (χ3v) is 3.22. The fraction of sp³-hybridized carbons (Fsp3) is 0.688. The van der Waals surface area contributed by atoms with Crippen LogP contribution in [0.2, 0.25) is 0 Å². The van der Waals surface area contributed by atoms with Crippen LogP contribution in [-0.4, -0.2) is 35.5 Å². The monoisotopic (exact) mass is 280 g/mol. The third kappa shape index (κ3) is 6.98. The normalized spacial score (nSPS) is 16.1. The van der Waals surface area contributed by atoms with Gasteiger partial charge in [0.15, 0.2) is 0 Å². The Kier molecular flexibility index (Phi) is 7.73. The molecule has 4 nitrogen and oxygen atoms in total. The van der Waals surface area contributed by atoms with Gasteiger partial charge in [0.2, 0.25) is 0 Å². The van der Waals surface area contributed by atoms with E-state index in [9.17, 15) is 5.11 Å². The Bertz CT molecular complexity index is 357. The number of nitrogens with one attached hydrogen (secondary N) is 1. The first-order chi connectivity index (χ1) is 9.49. The summed E-state index contributed by atoms with van der Waals surface area (Å²) in [6.07, 6.45) is 4.33. The molecule has 20 heavy (non-hydrogen) atoms. The quantitative estimate of drug-likeness (QED) is 0.730. The minimum Gasteiger partial charge on any atom is -0.389 e. The van der Waals surface area contributed by atoms with Crippen molar-refractivity contribution in [2.24, 2.45) is 5.92 Å². The number of hydrogen-bond acceptors (Lipinski definition) is 4. The summed E-state index contributed by atoms with van der Waals surface area (Å²) >= 11 is 0. The average Bonchev–Trinajstić information content (AvgIpc) is 2.42. The van der Waals surface area contributed by atoms with Crippen molar-refractivity contribution in [1.29, 1.82) is 0 Å². The van der Waals surface area contributed by atoms with Gasteiger partial charge in [0, 0.05) is 25.0 Å². The van der Waals surface area contributed by atoms with Crippen molar-refractivity contribution >= 4 is 0 Å². The lowest BCUT2D eigenvalue weighted by molar-refractivity contribution is -0.00914. The molecule has 0 saturated heterocycles. The molecule has 0 bridgehead atoms. The van der Waals surface area contributed by atoms with Crippen molar-refractivity contribution in [2.45, 2.75) is 52.4 Å². The number of rotatable bonds is 9. The first kappa shape index (κ1) is 17.1. The molecule has 3 atom stereocenters. The predicted molar refractivity (Wildman–Crippen MR) is 81.5 cm³/mol. The van der Waals surface area contributed by atoms with Gasteiger partial charge in [-0.05, 0) is 37.8 Å². The number of pyridine rings is 1. The molecular formula is C16H28N2O2. The van der Waals surface area contributed by atoms with E-state index in [1.807, 2.05) is 18.3 Å². The van der Waals surface area contributed by atoms with Gasteiger partial charge >= 0.3 is 0 Å². The Labute approximate surface area is 122 Å². The molecule has 0 fully saturated rings. The minimum atomic E-state index is -0.483. The topological polar surface area (TPSA) is 54.4 Å². The van der Waals surface area contributed by atoms with Crippen LogP contribution in [0.15, 0.2) is 24.5 Å². The smallest absolute Gasteiger partial charge is 0.0898 e. The zero-order chi connectivity index (χ0) is 15.0. The van der Waals surface area contributed by atoms with E-state index in [1.54, 1.807) is 6.20 Å². The number of aliphatic hydroxyl groups is 1. The zero-order valence-corrected chi connectivity index (χ0v) is 13.0. The van der Waals surface area contributed by atoms with Crippen LogP contribution in [-0.2, 0) is 4.74 Å². The maximum absolute atomic E-state index is 9.92. The maximum atomic E-state index is 9.92. The summed E-state index contributed by atoms with van der Waals surface area (Å²) in [6.45, 7) is 9.36. The highest BCUT2D eigenvalue weighted by Gasteiger charge is 2.11. The summed E-state index contributed by atoms with van der Waals surface area (Å²) < 4.78 is 5.65. The molecule has 0 amide bonds. The second-order valence-corrected chi connectivity index (χ2v) is 5.84. The van der Waals surface area contributed by atoms with E-state index in [0.717, 1.165) is 12.0 Å². The lowest BCUT2D eigenvalue weighted by Crippen LogP contribution is -2.33. The molecular weight excluding hydrogens is 252 g/mol. The van der Waals surface area contributed by atoms with Crippen molar-refractivity contribution in [3.8, 4) is 0 Å². The summed E-state index contributed by atoms with van der Waals surface area (Å²) in [5.41, 5.74) is 1.12. The molecule has 4 heteroatoms. The Morgan fingerprint density at radius 2 is 2.05 bits per heavy atom. The Balaban J connectivity index is 2.21. The average molecular weight is 280 g/mol. The van der Waals surface area contributed by atoms with Gasteiger partial charge in [-0.2, -0.15) is 0 Å². The minimum absolute atomic E-state index is 0.173. The van der Waals surface area contributed by atoms with Crippen LogP contribution in [0.25, 0.3) is 0 Å². The van der Waals surface area contributed by atoms with Gasteiger partial charge in [0.25, 0.3) is 0 Å². The van der Waals surface area contributed by atoms with Crippen LogP contribution < -0.4 is 5.32 Å². The maximum Gasteiger partial charge on any atom is 0.0898 e. The van der Waals surface area contributed by atoms with Gasteiger partial charge in [-0.15, -0.1) is 0 Å². The van der Waals surface area contributed by atoms with Crippen molar-refractivity contribution in [3.63, 3.8) is 0 Å². The molecule has 0 spiro atoms. The van der Waals surface area contributed by atoms with Crippen molar-refractivity contribution in [2.75, 3.05) is 13.2 Å². The summed E-state index contributed by atoms with van der Waals surface area (Å²) in [5, 5.41) is 13.2. The van der Waals surface area contributed by atoms with Gasteiger partial charge in [-0.25, -0.2) is 0 Å². The van der Waals surface area contributed by atoms with Crippen LogP contribution in [0.3, 0.4) is 0 Å². The largest absolute Gasteiger partial charge is 0.389 e. The SMILES string of the molecule is CC(C)CC(C)OCC(O)CN[C@@H](C)c1cccnc1. The molecule has 0 aliphatic rings. The van der Waals surface area contributed by atoms with Crippen molar-refractivity contribution in [3.05, 3.63) is 30.1 Å². The first-order valence-electron chi connectivity index (χ1n) is 7.42. The van der Waals surface area contributed by atoms with E-state index in [-0.39, 0.29) is 12.1 Å². The summed E-state index contributed by atoms with van der Waals surface area (Å²) in [5.74, 6) is 0.617. The van der Waals surface area contributed by atoms with Crippen LogP contribution in [0.4, 0.5) is 0 Å². The number of aliphatic hydroxyl groups excluding tert-OH is 1. The van der Waals surface area contributed by atoms with E-state index < -0.39 is 6.10 Å². The highest BCUT2D eigenvalue weighted by molar-refractivity contribution is 5.12. The van der Waals surface area contributed by atoms with Gasteiger partial charge in [-0.3, -0.25) is 4.98 Å². The summed E-state index contributed by atoms with van der Waals surface area (Å²) in [6, 6.07) is 4.12. The third-order valence-electron chi connectivity index (χ3n) is 3.22. The van der Waals surface area contributed by atoms with E-state index in [2.05, 4.69) is 38.0 Å². The fourth-order valence-corrected chi connectivity index (χ4v) is 2.13. The van der Waals surface area contributed by atoms with Crippen LogP contribution in [0, 0.1) is 5.92 Å². The highest BCUT2D eigenvalue weighted by atomic mass is 16.5. The van der Waals surface area contributed by atoms with Gasteiger partial charge in [-0.1, -0.05) is 19.9 Å². The number of aromatic nitrogens is 1. The van der Waals surface area contributed by atoms with Crippen LogP contribution in [0.1, 0.15) is 45.7 Å². The molecule has 0 saturated carbocycles. The molecule has 1 heterocycles. The standard InChI is InChI=1S/C16H28N2O2/c1-12(2)8-13(3)20-11-16(19)10-18-14(4)15-6-5-7-17-9-15/h5-7,9,12-14,16,18-19H,8,10-11H2,1-4H3/t13?,14-,16?/m0/s1. The second kappa shape index (κ2) is 9.06. The molecule has 2 N–H and O–H groups in total. The zero-order valence-electron chi connectivity index (χ0n) is 13.0. The van der Waals surface area contributed by atoms with E-state index in [4.69, 9.17) is 4.74 Å². The molecule has 114 valence electrons. The number of ether oxygens (including phenoxy) is 1. The van der Waals surface area contributed by atoms with Gasteiger partial charge < -0.3 is 15.2 Å². The lowest BCUT2D eigenvalue weighted by atomic mass is 10.1. The van der Waals surface area contributed by atoms with Crippen LogP contribution in [0.5, 0.6) is 0 Å². The molecule has 0 radical (unpaired) electrons. The molecule has 2 unspecified atom stereocenters. The highest BCUT2D eigenvalue weighted by Crippen LogP contribution is 2.10. The predicted octanol–water partition coefficient (Wildman–Crippen LogP) is 2.54. The molecule has 0 aliphatic heterocycles. The Hall–Kier alpha value is -0.970. The van der Waals surface area contributed by atoms with Gasteiger partial charge in [0.1, 0.15) is 0 Å². The molecule has 1 rings (SSSR count). The van der Waals surface area contributed by atoms with Crippen LogP contribution >= 0.6 is 0 Å². The first-order valence-corrected chi connectivity index (χ1v) is 7.42. The summed E-state index contributed by atoms with van der Waals surface area (Å²) in [7, 11) is 0. The second-order valence-electron chi connectivity index (χ2n) is 5.84.